The summed E-state index contributed by atoms with van der Waals surface area (Å²) in [6.07, 6.45) is -5.94. The van der Waals surface area contributed by atoms with Crippen molar-refractivity contribution in [3.63, 3.8) is 0 Å². The van der Waals surface area contributed by atoms with Gasteiger partial charge >= 0.3 is 11.9 Å². The molecule has 0 aliphatic carbocycles. The maximum Gasteiger partial charge on any atom is 0.306 e. The average Bonchev–Trinajstić information content (AvgIpc) is 2.41. The summed E-state index contributed by atoms with van der Waals surface area (Å²) in [7, 11) is 0. The molecule has 0 bridgehead atoms. The summed E-state index contributed by atoms with van der Waals surface area (Å²) in [5.74, 6) is -2.93. The number of hydrogen-bond donors (Lipinski definition) is 5. The van der Waals surface area contributed by atoms with E-state index in [-0.39, 0.29) is 19.3 Å². The normalized spacial score (nSPS) is 15.2. The first-order valence-corrected chi connectivity index (χ1v) is 5.84. The highest BCUT2D eigenvalue weighted by Crippen LogP contribution is 2.03. The van der Waals surface area contributed by atoms with Gasteiger partial charge in [0.05, 0.1) is 6.61 Å². The summed E-state index contributed by atoms with van der Waals surface area (Å²) in [6, 6.07) is 0. The first-order valence-electron chi connectivity index (χ1n) is 5.84. The van der Waals surface area contributed by atoms with Crippen LogP contribution in [0.4, 0.5) is 0 Å². The Hall–Kier alpha value is -1.55. The molecule has 116 valence electrons. The fraction of sp³-hybridized carbons (Fsp3) is 0.727. The van der Waals surface area contributed by atoms with Crippen LogP contribution in [0.2, 0.25) is 0 Å². The van der Waals surface area contributed by atoms with Crippen LogP contribution in [-0.2, 0) is 19.1 Å². The average molecular weight is 294 g/mol. The molecule has 0 radical (unpaired) electrons. The molecule has 0 heterocycles. The van der Waals surface area contributed by atoms with Crippen LogP contribution >= 0.6 is 0 Å². The van der Waals surface area contributed by atoms with Gasteiger partial charge in [-0.15, -0.1) is 0 Å². The number of hydrogen-bond acceptors (Lipinski definition) is 8. The van der Waals surface area contributed by atoms with Crippen molar-refractivity contribution in [2.24, 2.45) is 0 Å². The number of aliphatic hydroxyl groups is 4. The molecule has 0 spiro atoms. The highest BCUT2D eigenvalue weighted by Gasteiger charge is 2.30. The zero-order chi connectivity index (χ0) is 15.7. The number of aliphatic hydroxyl groups excluding tert-OH is 4. The lowest BCUT2D eigenvalue weighted by Crippen LogP contribution is -2.45. The second-order valence-corrected chi connectivity index (χ2v) is 4.06. The summed E-state index contributed by atoms with van der Waals surface area (Å²) in [4.78, 5) is 32.6. The summed E-state index contributed by atoms with van der Waals surface area (Å²) in [6.45, 7) is -1.66. The maximum atomic E-state index is 11.3. The van der Waals surface area contributed by atoms with E-state index >= 15 is 0 Å². The Balaban J connectivity index is 4.02. The van der Waals surface area contributed by atoms with E-state index in [1.165, 1.54) is 0 Å². The summed E-state index contributed by atoms with van der Waals surface area (Å²) < 4.78 is 4.47. The SMILES string of the molecule is O=C(O)CCCC(=O)OCC(=O)[C@H](O)[C@@H](O)[C@H](O)CO. The van der Waals surface area contributed by atoms with Crippen LogP contribution in [0.15, 0.2) is 0 Å². The van der Waals surface area contributed by atoms with Gasteiger partial charge in [-0.25, -0.2) is 0 Å². The van der Waals surface area contributed by atoms with E-state index < -0.39 is 49.2 Å². The fourth-order valence-electron chi connectivity index (χ4n) is 1.20. The number of ketones is 1. The number of aliphatic carboxylic acids is 1. The highest BCUT2D eigenvalue weighted by molar-refractivity contribution is 5.86. The molecular formula is C11H18O9. The molecular weight excluding hydrogens is 276 g/mol. The van der Waals surface area contributed by atoms with Gasteiger partial charge in [-0.05, 0) is 6.42 Å². The Bertz CT molecular complexity index is 341. The molecule has 0 unspecified atom stereocenters. The monoisotopic (exact) mass is 294 g/mol. The summed E-state index contributed by atoms with van der Waals surface area (Å²) in [5, 5.41) is 44.4. The quantitative estimate of drug-likeness (QED) is 0.272. The van der Waals surface area contributed by atoms with Crippen molar-refractivity contribution < 1.29 is 44.7 Å². The molecule has 9 heteroatoms. The van der Waals surface area contributed by atoms with Crippen molar-refractivity contribution in [3.05, 3.63) is 0 Å². The molecule has 0 rings (SSSR count). The van der Waals surface area contributed by atoms with E-state index in [4.69, 9.17) is 15.3 Å². The van der Waals surface area contributed by atoms with Gasteiger partial charge in [0.1, 0.15) is 18.3 Å². The minimum Gasteiger partial charge on any atom is -0.481 e. The molecule has 0 fully saturated rings. The molecule has 3 atom stereocenters. The smallest absolute Gasteiger partial charge is 0.306 e. The molecule has 0 aromatic carbocycles. The first-order chi connectivity index (χ1) is 9.29. The highest BCUT2D eigenvalue weighted by atomic mass is 16.5. The molecule has 0 saturated heterocycles. The number of carbonyl (C=O) groups excluding carboxylic acids is 2. The lowest BCUT2D eigenvalue weighted by atomic mass is 10.1. The van der Waals surface area contributed by atoms with E-state index in [0.717, 1.165) is 0 Å². The molecule has 9 nitrogen and oxygen atoms in total. The third-order valence-corrected chi connectivity index (χ3v) is 2.38. The topological polar surface area (TPSA) is 162 Å². The summed E-state index contributed by atoms with van der Waals surface area (Å²) in [5.41, 5.74) is 0. The van der Waals surface area contributed by atoms with Crippen molar-refractivity contribution in [2.75, 3.05) is 13.2 Å². The second-order valence-electron chi connectivity index (χ2n) is 4.06. The van der Waals surface area contributed by atoms with Crippen molar-refractivity contribution >= 4 is 17.7 Å². The van der Waals surface area contributed by atoms with Crippen LogP contribution in [0.1, 0.15) is 19.3 Å². The van der Waals surface area contributed by atoms with E-state index in [2.05, 4.69) is 4.74 Å². The molecule has 0 aliphatic heterocycles. The predicted octanol–water partition coefficient (Wildman–Crippen LogP) is -2.57. The number of ether oxygens (including phenoxy) is 1. The van der Waals surface area contributed by atoms with Gasteiger partial charge in [0.25, 0.3) is 0 Å². The minimum absolute atomic E-state index is 0.0523. The third kappa shape index (κ3) is 7.14. The molecule has 0 aliphatic rings. The van der Waals surface area contributed by atoms with E-state index in [1.807, 2.05) is 0 Å². The molecule has 0 saturated carbocycles. The van der Waals surface area contributed by atoms with Gasteiger partial charge < -0.3 is 30.3 Å². The molecule has 0 aromatic heterocycles. The Morgan fingerprint density at radius 1 is 1.05 bits per heavy atom. The number of carboxylic acid groups (broad SMARTS) is 1. The van der Waals surface area contributed by atoms with Crippen molar-refractivity contribution in [2.45, 2.75) is 37.6 Å². The summed E-state index contributed by atoms with van der Waals surface area (Å²) >= 11 is 0. The first kappa shape index (κ1) is 18.4. The lowest BCUT2D eigenvalue weighted by Gasteiger charge is -2.20. The molecule has 5 N–H and O–H groups in total. The van der Waals surface area contributed by atoms with Crippen LogP contribution in [0.5, 0.6) is 0 Å². The number of carbonyl (C=O) groups is 3. The van der Waals surface area contributed by atoms with Crippen LogP contribution in [0.3, 0.4) is 0 Å². The van der Waals surface area contributed by atoms with Gasteiger partial charge in [-0.2, -0.15) is 0 Å². The van der Waals surface area contributed by atoms with Crippen LogP contribution in [-0.4, -0.2) is 74.8 Å². The lowest BCUT2D eigenvalue weighted by molar-refractivity contribution is -0.155. The zero-order valence-electron chi connectivity index (χ0n) is 10.6. The van der Waals surface area contributed by atoms with Gasteiger partial charge in [0.2, 0.25) is 5.78 Å². The van der Waals surface area contributed by atoms with Crippen LogP contribution in [0.25, 0.3) is 0 Å². The number of esters is 1. The maximum absolute atomic E-state index is 11.3. The predicted molar refractivity (Wildman–Crippen MR) is 62.6 cm³/mol. The largest absolute Gasteiger partial charge is 0.481 e. The fourth-order valence-corrected chi connectivity index (χ4v) is 1.20. The van der Waals surface area contributed by atoms with Crippen LogP contribution in [0, 0.1) is 0 Å². The number of rotatable bonds is 10. The third-order valence-electron chi connectivity index (χ3n) is 2.38. The number of Topliss-reactive ketones (excluding diaryl/α,β-unsaturated/α-hetero) is 1. The Morgan fingerprint density at radius 3 is 2.15 bits per heavy atom. The van der Waals surface area contributed by atoms with Gasteiger partial charge in [-0.1, -0.05) is 0 Å². The van der Waals surface area contributed by atoms with E-state index in [9.17, 15) is 24.6 Å². The number of carboxylic acids is 1. The van der Waals surface area contributed by atoms with E-state index in [1.54, 1.807) is 0 Å². The molecule has 20 heavy (non-hydrogen) atoms. The molecule has 0 aromatic rings. The molecule has 0 amide bonds. The zero-order valence-corrected chi connectivity index (χ0v) is 10.6. The Labute approximate surface area is 114 Å². The second kappa shape index (κ2) is 9.37. The van der Waals surface area contributed by atoms with Gasteiger partial charge in [0, 0.05) is 12.8 Å². The Kier molecular flexibility index (Phi) is 8.64. The van der Waals surface area contributed by atoms with Gasteiger partial charge in [-0.3, -0.25) is 14.4 Å². The Morgan fingerprint density at radius 2 is 1.65 bits per heavy atom. The standard InChI is InChI=1S/C11H18O9/c12-4-6(13)10(18)11(19)7(14)5-20-9(17)3-1-2-8(15)16/h6,10-13,18-19H,1-5H2,(H,15,16)/t6-,10+,11+/m1/s1. The van der Waals surface area contributed by atoms with Crippen molar-refractivity contribution in [3.8, 4) is 0 Å². The van der Waals surface area contributed by atoms with E-state index in [0.29, 0.717) is 0 Å². The van der Waals surface area contributed by atoms with Crippen LogP contribution < -0.4 is 0 Å². The van der Waals surface area contributed by atoms with Gasteiger partial charge in [0.15, 0.2) is 6.61 Å². The van der Waals surface area contributed by atoms with Crippen molar-refractivity contribution in [1.29, 1.82) is 0 Å². The van der Waals surface area contributed by atoms with Crippen molar-refractivity contribution in [1.82, 2.24) is 0 Å². The minimum atomic E-state index is -2.00.